The minimum Gasteiger partial charge on any atom is -0.495 e. The van der Waals surface area contributed by atoms with Gasteiger partial charge in [0.25, 0.3) is 0 Å². The average molecular weight is 404 g/mol. The van der Waals surface area contributed by atoms with Gasteiger partial charge in [-0.2, -0.15) is 0 Å². The van der Waals surface area contributed by atoms with Crippen LogP contribution in [0, 0.1) is 5.92 Å². The van der Waals surface area contributed by atoms with Crippen molar-refractivity contribution < 1.29 is 9.53 Å². The van der Waals surface area contributed by atoms with E-state index in [2.05, 4.69) is 11.0 Å². The van der Waals surface area contributed by atoms with Gasteiger partial charge >= 0.3 is 0 Å². The van der Waals surface area contributed by atoms with Crippen molar-refractivity contribution in [3.63, 3.8) is 0 Å². The quantitative estimate of drug-likeness (QED) is 0.841. The lowest BCUT2D eigenvalue weighted by Crippen LogP contribution is -2.57. The lowest BCUT2D eigenvalue weighted by atomic mass is 9.74. The monoisotopic (exact) mass is 403 g/mol. The standard InChI is InChI=1S/C19H29N3O2.2ClH/c1-19(20)10-6-5-7-15(19)18(23)22-13-11-21(12-14-22)16-8-3-4-9-17(16)24-2;;/h3-4,8-9,15H,5-7,10-14,20H2,1-2H3;2*1H. The number of nitrogens with two attached hydrogens (primary N) is 1. The van der Waals surface area contributed by atoms with E-state index >= 15 is 0 Å². The second-order valence-electron chi connectivity index (χ2n) is 7.29. The molecule has 1 aliphatic heterocycles. The zero-order valence-corrected chi connectivity index (χ0v) is 17.3. The van der Waals surface area contributed by atoms with Gasteiger partial charge in [0, 0.05) is 31.7 Å². The van der Waals surface area contributed by atoms with Gasteiger partial charge in [0.15, 0.2) is 0 Å². The van der Waals surface area contributed by atoms with Crippen LogP contribution in [-0.2, 0) is 4.79 Å². The van der Waals surface area contributed by atoms with Gasteiger partial charge in [-0.25, -0.2) is 0 Å². The molecule has 1 heterocycles. The molecule has 2 aliphatic rings. The molecule has 0 bridgehead atoms. The number of piperazine rings is 1. The summed E-state index contributed by atoms with van der Waals surface area (Å²) in [5.41, 5.74) is 7.16. The van der Waals surface area contributed by atoms with E-state index in [-0.39, 0.29) is 42.2 Å². The lowest BCUT2D eigenvalue weighted by molar-refractivity contribution is -0.139. The van der Waals surface area contributed by atoms with Gasteiger partial charge in [0.1, 0.15) is 5.75 Å². The Balaban J connectivity index is 0.00000169. The van der Waals surface area contributed by atoms with Crippen LogP contribution in [0.1, 0.15) is 32.6 Å². The number of benzene rings is 1. The van der Waals surface area contributed by atoms with E-state index in [9.17, 15) is 4.79 Å². The molecule has 1 aromatic rings. The van der Waals surface area contributed by atoms with Gasteiger partial charge < -0.3 is 20.3 Å². The Hall–Kier alpha value is -1.17. The second kappa shape index (κ2) is 9.67. The fraction of sp³-hybridized carbons (Fsp3) is 0.632. The Morgan fingerprint density at radius 1 is 1.15 bits per heavy atom. The van der Waals surface area contributed by atoms with E-state index in [1.54, 1.807) is 7.11 Å². The highest BCUT2D eigenvalue weighted by molar-refractivity contribution is 5.85. The predicted octanol–water partition coefficient (Wildman–Crippen LogP) is 3.10. The number of carbonyl (C=O) groups excluding carboxylic acids is 1. The van der Waals surface area contributed by atoms with Crippen LogP contribution in [0.5, 0.6) is 5.75 Å². The van der Waals surface area contributed by atoms with Crippen molar-refractivity contribution in [3.05, 3.63) is 24.3 Å². The molecule has 7 heteroatoms. The van der Waals surface area contributed by atoms with Crippen LogP contribution in [0.2, 0.25) is 0 Å². The van der Waals surface area contributed by atoms with E-state index in [1.807, 2.05) is 30.0 Å². The van der Waals surface area contributed by atoms with Gasteiger partial charge in [-0.1, -0.05) is 25.0 Å². The van der Waals surface area contributed by atoms with Crippen molar-refractivity contribution in [2.75, 3.05) is 38.2 Å². The number of ether oxygens (including phenoxy) is 1. The molecule has 3 rings (SSSR count). The minimum atomic E-state index is -0.352. The van der Waals surface area contributed by atoms with Gasteiger partial charge in [0.2, 0.25) is 5.91 Å². The first kappa shape index (κ1) is 22.9. The number of halogens is 2. The van der Waals surface area contributed by atoms with Crippen molar-refractivity contribution in [1.82, 2.24) is 4.90 Å². The maximum Gasteiger partial charge on any atom is 0.227 e. The van der Waals surface area contributed by atoms with Crippen LogP contribution in [0.4, 0.5) is 5.69 Å². The molecular formula is C19H31Cl2N3O2. The number of para-hydroxylation sites is 2. The van der Waals surface area contributed by atoms with Gasteiger partial charge in [0.05, 0.1) is 18.7 Å². The number of rotatable bonds is 3. The summed E-state index contributed by atoms with van der Waals surface area (Å²) >= 11 is 0. The van der Waals surface area contributed by atoms with Crippen LogP contribution in [0.15, 0.2) is 24.3 Å². The fourth-order valence-corrected chi connectivity index (χ4v) is 4.04. The van der Waals surface area contributed by atoms with Crippen molar-refractivity contribution >= 4 is 36.4 Å². The highest BCUT2D eigenvalue weighted by atomic mass is 35.5. The third kappa shape index (κ3) is 4.76. The third-order valence-electron chi connectivity index (χ3n) is 5.57. The summed E-state index contributed by atoms with van der Waals surface area (Å²) in [6.45, 7) is 5.22. The average Bonchev–Trinajstić information content (AvgIpc) is 2.61. The van der Waals surface area contributed by atoms with Gasteiger partial charge in [-0.05, 0) is 31.9 Å². The smallest absolute Gasteiger partial charge is 0.227 e. The zero-order chi connectivity index (χ0) is 17.2. The zero-order valence-electron chi connectivity index (χ0n) is 15.6. The SMILES string of the molecule is COc1ccccc1N1CCN(C(=O)C2CCCCC2(C)N)CC1.Cl.Cl. The van der Waals surface area contributed by atoms with E-state index in [4.69, 9.17) is 10.5 Å². The first-order valence-corrected chi connectivity index (χ1v) is 8.98. The van der Waals surface area contributed by atoms with Crippen molar-refractivity contribution in [1.29, 1.82) is 0 Å². The highest BCUT2D eigenvalue weighted by Gasteiger charge is 2.40. The van der Waals surface area contributed by atoms with E-state index in [0.29, 0.717) is 0 Å². The van der Waals surface area contributed by atoms with Crippen LogP contribution in [0.25, 0.3) is 0 Å². The lowest BCUT2D eigenvalue weighted by Gasteiger charge is -2.43. The molecule has 1 saturated carbocycles. The molecule has 2 unspecified atom stereocenters. The van der Waals surface area contributed by atoms with Crippen LogP contribution < -0.4 is 15.4 Å². The summed E-state index contributed by atoms with van der Waals surface area (Å²) in [4.78, 5) is 17.2. The number of carbonyl (C=O) groups is 1. The summed E-state index contributed by atoms with van der Waals surface area (Å²) in [5, 5.41) is 0. The molecule has 0 spiro atoms. The molecule has 1 aromatic carbocycles. The molecule has 5 nitrogen and oxygen atoms in total. The molecule has 1 aliphatic carbocycles. The Morgan fingerprint density at radius 3 is 2.42 bits per heavy atom. The predicted molar refractivity (Wildman–Crippen MR) is 111 cm³/mol. The molecule has 1 saturated heterocycles. The minimum absolute atomic E-state index is 0. The normalized spacial score (nSPS) is 25.7. The molecule has 2 fully saturated rings. The molecule has 26 heavy (non-hydrogen) atoms. The summed E-state index contributed by atoms with van der Waals surface area (Å²) in [6.07, 6.45) is 4.13. The summed E-state index contributed by atoms with van der Waals surface area (Å²) in [6, 6.07) is 8.06. The molecular weight excluding hydrogens is 373 g/mol. The maximum atomic E-state index is 12.9. The first-order chi connectivity index (χ1) is 11.5. The topological polar surface area (TPSA) is 58.8 Å². The Kier molecular flexibility index (Phi) is 8.51. The van der Waals surface area contributed by atoms with Crippen molar-refractivity contribution in [2.45, 2.75) is 38.1 Å². The third-order valence-corrected chi connectivity index (χ3v) is 5.57. The molecule has 2 N–H and O–H groups in total. The number of hydrogen-bond acceptors (Lipinski definition) is 4. The van der Waals surface area contributed by atoms with E-state index in [1.165, 1.54) is 0 Å². The molecule has 148 valence electrons. The Bertz CT molecular complexity index is 590. The molecule has 0 radical (unpaired) electrons. The summed E-state index contributed by atoms with van der Waals surface area (Å²) in [5.74, 6) is 1.11. The second-order valence-corrected chi connectivity index (χ2v) is 7.29. The highest BCUT2D eigenvalue weighted by Crippen LogP contribution is 2.34. The largest absolute Gasteiger partial charge is 0.495 e. The van der Waals surface area contributed by atoms with E-state index in [0.717, 1.165) is 63.3 Å². The summed E-state index contributed by atoms with van der Waals surface area (Å²) in [7, 11) is 1.70. The summed E-state index contributed by atoms with van der Waals surface area (Å²) < 4.78 is 5.46. The fourth-order valence-electron chi connectivity index (χ4n) is 4.04. The number of anilines is 1. The number of methoxy groups -OCH3 is 1. The van der Waals surface area contributed by atoms with Crippen LogP contribution in [-0.4, -0.2) is 49.6 Å². The van der Waals surface area contributed by atoms with Gasteiger partial charge in [-0.3, -0.25) is 4.79 Å². The van der Waals surface area contributed by atoms with Crippen molar-refractivity contribution in [3.8, 4) is 5.75 Å². The number of nitrogens with zero attached hydrogens (tertiary/aromatic N) is 2. The van der Waals surface area contributed by atoms with Crippen LogP contribution >= 0.6 is 24.8 Å². The Labute approximate surface area is 169 Å². The van der Waals surface area contributed by atoms with E-state index < -0.39 is 0 Å². The molecule has 1 amide bonds. The maximum absolute atomic E-state index is 12.9. The van der Waals surface area contributed by atoms with Gasteiger partial charge in [-0.15, -0.1) is 24.8 Å². The van der Waals surface area contributed by atoms with Crippen molar-refractivity contribution in [2.24, 2.45) is 11.7 Å². The molecule has 0 aromatic heterocycles. The number of amides is 1. The van der Waals surface area contributed by atoms with Crippen LogP contribution in [0.3, 0.4) is 0 Å². The first-order valence-electron chi connectivity index (χ1n) is 8.98. The Morgan fingerprint density at radius 2 is 1.81 bits per heavy atom. The number of hydrogen-bond donors (Lipinski definition) is 1. The molecule has 2 atom stereocenters.